The van der Waals surface area contributed by atoms with Gasteiger partial charge in [0.15, 0.2) is 0 Å². The standard InChI is InChI=1S/C18H20BrNO4/c1-17(2,22-4)10-23-12-8-14-16(20-9-12)24-15-6-5-11(19)7-13(15)18(14,3)21/h5-9,21H,10H2,1-4H3. The number of pyridine rings is 1. The van der Waals surface area contributed by atoms with E-state index < -0.39 is 11.2 Å². The van der Waals surface area contributed by atoms with Gasteiger partial charge in [-0.15, -0.1) is 0 Å². The molecule has 2 aromatic rings. The molecule has 2 heterocycles. The fraction of sp³-hybridized carbons (Fsp3) is 0.389. The third kappa shape index (κ3) is 3.14. The average Bonchev–Trinajstić information content (AvgIpc) is 2.54. The monoisotopic (exact) mass is 393 g/mol. The third-order valence-corrected chi connectivity index (χ3v) is 4.66. The van der Waals surface area contributed by atoms with Crippen molar-refractivity contribution in [2.75, 3.05) is 13.7 Å². The average molecular weight is 394 g/mol. The second kappa shape index (κ2) is 6.02. The van der Waals surface area contributed by atoms with E-state index in [1.54, 1.807) is 26.3 Å². The van der Waals surface area contributed by atoms with Gasteiger partial charge in [0.25, 0.3) is 0 Å². The Morgan fingerprint density at radius 3 is 2.75 bits per heavy atom. The second-order valence-electron chi connectivity index (χ2n) is 6.59. The van der Waals surface area contributed by atoms with Gasteiger partial charge >= 0.3 is 0 Å². The molecule has 1 N–H and O–H groups in total. The molecule has 5 nitrogen and oxygen atoms in total. The highest BCUT2D eigenvalue weighted by Crippen LogP contribution is 2.47. The van der Waals surface area contributed by atoms with Crippen LogP contribution >= 0.6 is 15.9 Å². The van der Waals surface area contributed by atoms with Crippen molar-refractivity contribution in [2.24, 2.45) is 0 Å². The van der Waals surface area contributed by atoms with Gasteiger partial charge in [0, 0.05) is 17.1 Å². The molecule has 0 radical (unpaired) electrons. The van der Waals surface area contributed by atoms with Gasteiger partial charge in [0.2, 0.25) is 5.88 Å². The Hall–Kier alpha value is -1.63. The van der Waals surface area contributed by atoms with Crippen molar-refractivity contribution in [2.45, 2.75) is 32.0 Å². The lowest BCUT2D eigenvalue weighted by molar-refractivity contribution is -0.0148. The second-order valence-corrected chi connectivity index (χ2v) is 7.51. The minimum atomic E-state index is -1.23. The molecule has 1 aliphatic rings. The topological polar surface area (TPSA) is 60.8 Å². The Bertz CT molecular complexity index is 774. The maximum absolute atomic E-state index is 11.1. The zero-order valence-electron chi connectivity index (χ0n) is 14.1. The molecule has 0 amide bonds. The number of fused-ring (bicyclic) bond motifs is 2. The van der Waals surface area contributed by atoms with Gasteiger partial charge in [0.05, 0.1) is 17.4 Å². The number of hydrogen-bond donors (Lipinski definition) is 1. The van der Waals surface area contributed by atoms with Gasteiger partial charge < -0.3 is 19.3 Å². The molecule has 0 aliphatic carbocycles. The van der Waals surface area contributed by atoms with E-state index in [2.05, 4.69) is 20.9 Å². The molecule has 0 spiro atoms. The molecular formula is C18H20BrNO4. The van der Waals surface area contributed by atoms with E-state index in [9.17, 15) is 5.11 Å². The van der Waals surface area contributed by atoms with Crippen LogP contribution < -0.4 is 9.47 Å². The molecule has 1 unspecified atom stereocenters. The van der Waals surface area contributed by atoms with Crippen LogP contribution in [0, 0.1) is 0 Å². The Balaban J connectivity index is 1.95. The predicted octanol–water partition coefficient (Wildman–Crippen LogP) is 4.01. The Morgan fingerprint density at radius 2 is 2.04 bits per heavy atom. The highest BCUT2D eigenvalue weighted by atomic mass is 79.9. The first-order valence-electron chi connectivity index (χ1n) is 7.62. The fourth-order valence-electron chi connectivity index (χ4n) is 2.48. The molecule has 0 fully saturated rings. The van der Waals surface area contributed by atoms with E-state index in [0.717, 1.165) is 4.47 Å². The molecule has 3 rings (SSSR count). The third-order valence-electron chi connectivity index (χ3n) is 4.16. The normalized spacial score (nSPS) is 19.2. The number of methoxy groups -OCH3 is 1. The largest absolute Gasteiger partial charge is 0.489 e. The van der Waals surface area contributed by atoms with Crippen molar-refractivity contribution in [1.82, 2.24) is 4.98 Å². The molecule has 1 aromatic heterocycles. The summed E-state index contributed by atoms with van der Waals surface area (Å²) >= 11 is 3.43. The van der Waals surface area contributed by atoms with E-state index in [1.165, 1.54) is 0 Å². The summed E-state index contributed by atoms with van der Waals surface area (Å²) < 4.78 is 17.8. The summed E-state index contributed by atoms with van der Waals surface area (Å²) in [4.78, 5) is 4.30. The highest BCUT2D eigenvalue weighted by Gasteiger charge is 2.38. The molecule has 0 bridgehead atoms. The molecule has 1 aromatic carbocycles. The van der Waals surface area contributed by atoms with Crippen molar-refractivity contribution in [3.8, 4) is 17.4 Å². The Labute approximate surface area is 149 Å². The van der Waals surface area contributed by atoms with E-state index in [0.29, 0.717) is 35.1 Å². The molecule has 24 heavy (non-hydrogen) atoms. The number of nitrogens with zero attached hydrogens (tertiary/aromatic N) is 1. The van der Waals surface area contributed by atoms with Crippen molar-refractivity contribution >= 4 is 15.9 Å². The number of halogens is 1. The summed E-state index contributed by atoms with van der Waals surface area (Å²) in [7, 11) is 1.64. The number of aliphatic hydroxyl groups is 1. The highest BCUT2D eigenvalue weighted by molar-refractivity contribution is 9.10. The minimum Gasteiger partial charge on any atom is -0.489 e. The van der Waals surface area contributed by atoms with Crippen LogP contribution in [0.15, 0.2) is 34.9 Å². The van der Waals surface area contributed by atoms with Crippen LogP contribution in [0.5, 0.6) is 17.4 Å². The molecule has 6 heteroatoms. The zero-order valence-corrected chi connectivity index (χ0v) is 15.7. The van der Waals surface area contributed by atoms with Crippen molar-refractivity contribution in [1.29, 1.82) is 0 Å². The number of ether oxygens (including phenoxy) is 3. The Kier molecular flexibility index (Phi) is 4.32. The van der Waals surface area contributed by atoms with Gasteiger partial charge in [-0.05, 0) is 45.0 Å². The van der Waals surface area contributed by atoms with Crippen LogP contribution in [0.4, 0.5) is 0 Å². The van der Waals surface area contributed by atoms with E-state index >= 15 is 0 Å². The van der Waals surface area contributed by atoms with Crippen molar-refractivity contribution < 1.29 is 19.3 Å². The van der Waals surface area contributed by atoms with Gasteiger partial charge in [-0.2, -0.15) is 0 Å². The van der Waals surface area contributed by atoms with E-state index in [1.807, 2.05) is 32.0 Å². The summed E-state index contributed by atoms with van der Waals surface area (Å²) in [5.41, 5.74) is -0.385. The molecule has 1 aliphatic heterocycles. The molecule has 0 saturated carbocycles. The maximum atomic E-state index is 11.1. The quantitative estimate of drug-likeness (QED) is 0.849. The predicted molar refractivity (Wildman–Crippen MR) is 93.7 cm³/mol. The molecular weight excluding hydrogens is 374 g/mol. The Morgan fingerprint density at radius 1 is 1.29 bits per heavy atom. The lowest BCUT2D eigenvalue weighted by Gasteiger charge is -2.32. The van der Waals surface area contributed by atoms with Gasteiger partial charge in [-0.3, -0.25) is 0 Å². The summed E-state index contributed by atoms with van der Waals surface area (Å²) in [6.07, 6.45) is 1.59. The van der Waals surface area contributed by atoms with E-state index in [4.69, 9.17) is 14.2 Å². The summed E-state index contributed by atoms with van der Waals surface area (Å²) in [6.45, 7) is 5.97. The lowest BCUT2D eigenvalue weighted by Crippen LogP contribution is -2.31. The first-order valence-corrected chi connectivity index (χ1v) is 8.41. The number of aromatic nitrogens is 1. The zero-order chi connectivity index (χ0) is 17.5. The summed E-state index contributed by atoms with van der Waals surface area (Å²) in [5, 5.41) is 11.1. The minimum absolute atomic E-state index is 0.370. The van der Waals surface area contributed by atoms with Crippen molar-refractivity contribution in [3.05, 3.63) is 46.1 Å². The molecule has 0 saturated heterocycles. The first kappa shape index (κ1) is 17.2. The van der Waals surface area contributed by atoms with Crippen LogP contribution in [-0.2, 0) is 10.3 Å². The first-order chi connectivity index (χ1) is 11.2. The maximum Gasteiger partial charge on any atom is 0.225 e. The van der Waals surface area contributed by atoms with Crippen LogP contribution in [0.2, 0.25) is 0 Å². The number of hydrogen-bond acceptors (Lipinski definition) is 5. The number of rotatable bonds is 4. The summed E-state index contributed by atoms with van der Waals surface area (Å²) in [6, 6.07) is 7.28. The summed E-state index contributed by atoms with van der Waals surface area (Å²) in [5.74, 6) is 1.53. The van der Waals surface area contributed by atoms with Crippen LogP contribution in [0.3, 0.4) is 0 Å². The van der Waals surface area contributed by atoms with Crippen LogP contribution in [0.25, 0.3) is 0 Å². The lowest BCUT2D eigenvalue weighted by atomic mass is 9.86. The smallest absolute Gasteiger partial charge is 0.225 e. The number of benzene rings is 1. The fourth-order valence-corrected chi connectivity index (χ4v) is 2.84. The molecule has 128 valence electrons. The van der Waals surface area contributed by atoms with Crippen LogP contribution in [0.1, 0.15) is 31.9 Å². The van der Waals surface area contributed by atoms with Gasteiger partial charge in [-0.25, -0.2) is 4.98 Å². The van der Waals surface area contributed by atoms with E-state index in [-0.39, 0.29) is 0 Å². The van der Waals surface area contributed by atoms with Gasteiger partial charge in [-0.1, -0.05) is 15.9 Å². The SMILES string of the molecule is COC(C)(C)COc1cnc2c(c1)C(C)(O)c1cc(Br)ccc1O2. The van der Waals surface area contributed by atoms with Gasteiger partial charge in [0.1, 0.15) is 23.7 Å². The molecule has 1 atom stereocenters. The van der Waals surface area contributed by atoms with Crippen LogP contribution in [-0.4, -0.2) is 29.4 Å². The van der Waals surface area contributed by atoms with Crippen molar-refractivity contribution in [3.63, 3.8) is 0 Å².